The van der Waals surface area contributed by atoms with Crippen molar-refractivity contribution in [3.05, 3.63) is 58.5 Å². The van der Waals surface area contributed by atoms with Crippen molar-refractivity contribution in [3.8, 4) is 5.69 Å². The van der Waals surface area contributed by atoms with Crippen molar-refractivity contribution in [2.45, 2.75) is 50.1 Å². The van der Waals surface area contributed by atoms with Gasteiger partial charge in [0.05, 0.1) is 28.2 Å². The molecule has 1 N–H and O–H groups in total. The van der Waals surface area contributed by atoms with Gasteiger partial charge in [-0.15, -0.1) is 11.8 Å². The second kappa shape index (κ2) is 8.68. The van der Waals surface area contributed by atoms with E-state index in [4.69, 9.17) is 0 Å². The SMILES string of the molecule is CSc1cccc(-n2c(=O)n(C(C)C)c3cc(C(=O)NC4(C)CCS(=O)(=O)CC4)ccc32)c1. The van der Waals surface area contributed by atoms with Crippen molar-refractivity contribution in [1.29, 1.82) is 0 Å². The Morgan fingerprint density at radius 1 is 1.09 bits per heavy atom. The van der Waals surface area contributed by atoms with E-state index >= 15 is 0 Å². The van der Waals surface area contributed by atoms with Crippen molar-refractivity contribution in [2.75, 3.05) is 17.8 Å². The second-order valence-corrected chi connectivity index (χ2v) is 12.3. The second-order valence-electron chi connectivity index (χ2n) is 9.15. The summed E-state index contributed by atoms with van der Waals surface area (Å²) in [6, 6.07) is 13.0. The van der Waals surface area contributed by atoms with Gasteiger partial charge in [-0.3, -0.25) is 13.9 Å². The van der Waals surface area contributed by atoms with Gasteiger partial charge < -0.3 is 5.32 Å². The molecule has 1 amide bonds. The number of thioether (sulfide) groups is 1. The lowest BCUT2D eigenvalue weighted by Gasteiger charge is -2.34. The number of benzene rings is 2. The van der Waals surface area contributed by atoms with Gasteiger partial charge in [0.15, 0.2) is 0 Å². The molecule has 3 aromatic rings. The third-order valence-corrected chi connectivity index (χ3v) is 8.69. The molecule has 0 radical (unpaired) electrons. The number of nitrogens with zero attached hydrogens (tertiary/aromatic N) is 2. The van der Waals surface area contributed by atoms with Crippen LogP contribution >= 0.6 is 11.8 Å². The summed E-state index contributed by atoms with van der Waals surface area (Å²) in [5, 5.41) is 3.03. The summed E-state index contributed by atoms with van der Waals surface area (Å²) in [5.74, 6) is -0.111. The van der Waals surface area contributed by atoms with Gasteiger partial charge in [0.1, 0.15) is 9.84 Å². The summed E-state index contributed by atoms with van der Waals surface area (Å²) in [7, 11) is -3.03. The third kappa shape index (κ3) is 4.61. The number of imidazole rings is 1. The number of fused-ring (bicyclic) bond motifs is 1. The maximum absolute atomic E-state index is 13.4. The lowest BCUT2D eigenvalue weighted by Crippen LogP contribution is -2.50. The van der Waals surface area contributed by atoms with Crippen molar-refractivity contribution < 1.29 is 13.2 Å². The Hall–Kier alpha value is -2.52. The molecule has 33 heavy (non-hydrogen) atoms. The molecule has 0 saturated carbocycles. The van der Waals surface area contributed by atoms with E-state index in [1.807, 2.05) is 57.4 Å². The number of hydrogen-bond acceptors (Lipinski definition) is 5. The smallest absolute Gasteiger partial charge is 0.333 e. The standard InChI is InChI=1S/C24H29N3O4S2/c1-16(2)26-21-14-17(22(28)25-24(3)10-12-33(30,31)13-11-24)8-9-20(21)27(23(26)29)18-6-5-7-19(15-18)32-4/h5-9,14-16H,10-13H2,1-4H3,(H,25,28). The summed E-state index contributed by atoms with van der Waals surface area (Å²) in [4.78, 5) is 27.6. The quantitative estimate of drug-likeness (QED) is 0.553. The van der Waals surface area contributed by atoms with E-state index in [9.17, 15) is 18.0 Å². The Bertz CT molecular complexity index is 1370. The lowest BCUT2D eigenvalue weighted by molar-refractivity contribution is 0.0900. The van der Waals surface area contributed by atoms with Crippen LogP contribution in [-0.2, 0) is 9.84 Å². The molecule has 0 aliphatic carbocycles. The number of amides is 1. The predicted molar refractivity (Wildman–Crippen MR) is 133 cm³/mol. The fourth-order valence-electron chi connectivity index (χ4n) is 4.32. The molecular formula is C24H29N3O4S2. The zero-order valence-electron chi connectivity index (χ0n) is 19.3. The van der Waals surface area contributed by atoms with Crippen LogP contribution in [0.15, 0.2) is 52.2 Å². The van der Waals surface area contributed by atoms with Crippen LogP contribution in [0.5, 0.6) is 0 Å². The molecular weight excluding hydrogens is 458 g/mol. The normalized spacial score (nSPS) is 17.4. The Morgan fingerprint density at radius 3 is 2.42 bits per heavy atom. The summed E-state index contributed by atoms with van der Waals surface area (Å²) in [6.45, 7) is 5.77. The number of rotatable bonds is 5. The minimum absolute atomic E-state index is 0.0770. The first kappa shape index (κ1) is 23.6. The maximum atomic E-state index is 13.4. The van der Waals surface area contributed by atoms with Crippen molar-refractivity contribution in [3.63, 3.8) is 0 Å². The van der Waals surface area contributed by atoms with Gasteiger partial charge in [0.25, 0.3) is 5.91 Å². The molecule has 7 nitrogen and oxygen atoms in total. The van der Waals surface area contributed by atoms with E-state index in [2.05, 4.69) is 5.32 Å². The Balaban J connectivity index is 1.75. The molecule has 2 heterocycles. The zero-order valence-corrected chi connectivity index (χ0v) is 20.9. The van der Waals surface area contributed by atoms with Gasteiger partial charge in [-0.2, -0.15) is 0 Å². The van der Waals surface area contributed by atoms with Crippen LogP contribution in [-0.4, -0.2) is 46.8 Å². The van der Waals surface area contributed by atoms with Crippen LogP contribution in [0.1, 0.15) is 50.0 Å². The summed E-state index contributed by atoms with van der Waals surface area (Å²) in [5.41, 5.74) is 1.93. The summed E-state index contributed by atoms with van der Waals surface area (Å²) >= 11 is 1.61. The molecule has 0 bridgehead atoms. The minimum Gasteiger partial charge on any atom is -0.347 e. The number of carbonyl (C=O) groups is 1. The number of hydrogen-bond donors (Lipinski definition) is 1. The molecule has 1 aliphatic rings. The molecule has 1 aliphatic heterocycles. The van der Waals surface area contributed by atoms with Gasteiger partial charge in [-0.25, -0.2) is 13.2 Å². The highest BCUT2D eigenvalue weighted by Crippen LogP contribution is 2.26. The fraction of sp³-hybridized carbons (Fsp3) is 0.417. The number of sulfone groups is 1. The topological polar surface area (TPSA) is 90.2 Å². The fourth-order valence-corrected chi connectivity index (χ4v) is 6.50. The number of carbonyl (C=O) groups excluding carboxylic acids is 1. The van der Waals surface area contributed by atoms with Gasteiger partial charge in [0, 0.05) is 22.0 Å². The molecule has 1 saturated heterocycles. The number of aromatic nitrogens is 2. The molecule has 9 heteroatoms. The van der Waals surface area contributed by atoms with Gasteiger partial charge in [0.2, 0.25) is 0 Å². The van der Waals surface area contributed by atoms with Crippen molar-refractivity contribution in [2.24, 2.45) is 0 Å². The van der Waals surface area contributed by atoms with Crippen LogP contribution in [0.4, 0.5) is 0 Å². The van der Waals surface area contributed by atoms with E-state index in [-0.39, 0.29) is 29.1 Å². The van der Waals surface area contributed by atoms with E-state index in [1.54, 1.807) is 33.0 Å². The molecule has 0 atom stereocenters. The van der Waals surface area contributed by atoms with Gasteiger partial charge >= 0.3 is 5.69 Å². The highest BCUT2D eigenvalue weighted by Gasteiger charge is 2.34. The Morgan fingerprint density at radius 2 is 1.79 bits per heavy atom. The first-order chi connectivity index (χ1) is 15.5. The van der Waals surface area contributed by atoms with E-state index in [0.29, 0.717) is 23.9 Å². The van der Waals surface area contributed by atoms with Crippen LogP contribution in [0.2, 0.25) is 0 Å². The molecule has 0 unspecified atom stereocenters. The molecule has 176 valence electrons. The highest BCUT2D eigenvalue weighted by atomic mass is 32.2. The molecule has 1 aromatic heterocycles. The average Bonchev–Trinajstić information content (AvgIpc) is 3.07. The minimum atomic E-state index is -3.03. The van der Waals surface area contributed by atoms with Crippen LogP contribution in [0.25, 0.3) is 16.7 Å². The van der Waals surface area contributed by atoms with Crippen LogP contribution in [0.3, 0.4) is 0 Å². The predicted octanol–water partition coefficient (Wildman–Crippen LogP) is 3.79. The summed E-state index contributed by atoms with van der Waals surface area (Å²) < 4.78 is 27.0. The molecule has 1 fully saturated rings. The molecule has 2 aromatic carbocycles. The average molecular weight is 488 g/mol. The Kier molecular flexibility index (Phi) is 6.22. The van der Waals surface area contributed by atoms with Crippen LogP contribution in [0, 0.1) is 0 Å². The van der Waals surface area contributed by atoms with E-state index in [0.717, 1.165) is 16.1 Å². The van der Waals surface area contributed by atoms with Gasteiger partial charge in [-0.05, 0) is 76.3 Å². The maximum Gasteiger partial charge on any atom is 0.333 e. The first-order valence-corrected chi connectivity index (χ1v) is 14.0. The lowest BCUT2D eigenvalue weighted by atomic mass is 9.94. The van der Waals surface area contributed by atoms with Crippen molar-refractivity contribution in [1.82, 2.24) is 14.5 Å². The number of nitrogens with one attached hydrogen (secondary N) is 1. The summed E-state index contributed by atoms with van der Waals surface area (Å²) in [6.07, 6.45) is 2.77. The zero-order chi connectivity index (χ0) is 24.0. The molecule has 4 rings (SSSR count). The Labute approximate surface area is 198 Å². The monoisotopic (exact) mass is 487 g/mol. The van der Waals surface area contributed by atoms with Crippen molar-refractivity contribution >= 4 is 38.5 Å². The van der Waals surface area contributed by atoms with Crippen LogP contribution < -0.4 is 11.0 Å². The van der Waals surface area contributed by atoms with E-state index in [1.165, 1.54) is 0 Å². The van der Waals surface area contributed by atoms with E-state index < -0.39 is 15.4 Å². The van der Waals surface area contributed by atoms with Gasteiger partial charge in [-0.1, -0.05) is 6.07 Å². The molecule has 0 spiro atoms. The first-order valence-electron chi connectivity index (χ1n) is 11.0. The third-order valence-electron chi connectivity index (χ3n) is 6.31. The largest absolute Gasteiger partial charge is 0.347 e. The highest BCUT2D eigenvalue weighted by molar-refractivity contribution is 7.98.